The molecule has 0 aliphatic rings. The number of nitrogens with zero attached hydrogens (tertiary/aromatic N) is 1. The van der Waals surface area contributed by atoms with Gasteiger partial charge in [0.2, 0.25) is 0 Å². The average Bonchev–Trinajstić information content (AvgIpc) is 2.28. The molecule has 0 bridgehead atoms. The Kier molecular flexibility index (Phi) is 8.13. The molecule has 0 aromatic carbocycles. The number of carbonyl (C=O) groups is 2. The van der Waals surface area contributed by atoms with Crippen molar-refractivity contribution >= 4 is 12.0 Å². The minimum Gasteiger partial charge on any atom is -0.480 e. The zero-order chi connectivity index (χ0) is 13.3. The molecular formula is C11H22N2O4. The Bertz CT molecular complexity index is 246. The van der Waals surface area contributed by atoms with Crippen molar-refractivity contribution < 1.29 is 19.4 Å². The van der Waals surface area contributed by atoms with E-state index in [0.717, 1.165) is 0 Å². The molecule has 0 radical (unpaired) electrons. The first-order chi connectivity index (χ1) is 8.02. The van der Waals surface area contributed by atoms with Gasteiger partial charge in [-0.25, -0.2) is 9.59 Å². The lowest BCUT2D eigenvalue weighted by Gasteiger charge is -2.21. The first kappa shape index (κ1) is 15.7. The van der Waals surface area contributed by atoms with E-state index in [9.17, 15) is 9.59 Å². The van der Waals surface area contributed by atoms with Gasteiger partial charge >= 0.3 is 12.0 Å². The third kappa shape index (κ3) is 6.78. The molecule has 0 heterocycles. The Balaban J connectivity index is 4.06. The summed E-state index contributed by atoms with van der Waals surface area (Å²) in [5.41, 5.74) is 0. The van der Waals surface area contributed by atoms with E-state index in [1.807, 2.05) is 13.8 Å². The maximum absolute atomic E-state index is 11.6. The largest absolute Gasteiger partial charge is 0.480 e. The van der Waals surface area contributed by atoms with Gasteiger partial charge < -0.3 is 20.1 Å². The van der Waals surface area contributed by atoms with Crippen LogP contribution in [0.25, 0.3) is 0 Å². The minimum atomic E-state index is -1.00. The Morgan fingerprint density at radius 3 is 2.53 bits per heavy atom. The number of amides is 2. The van der Waals surface area contributed by atoms with E-state index < -0.39 is 12.0 Å². The fourth-order valence-electron chi connectivity index (χ4n) is 1.25. The molecule has 0 fully saturated rings. The lowest BCUT2D eigenvalue weighted by molar-refractivity contribution is -0.139. The van der Waals surface area contributed by atoms with E-state index in [2.05, 4.69) is 5.32 Å². The second-order valence-electron chi connectivity index (χ2n) is 3.75. The van der Waals surface area contributed by atoms with E-state index in [0.29, 0.717) is 32.6 Å². The third-order valence-electron chi connectivity index (χ3n) is 2.30. The van der Waals surface area contributed by atoms with Gasteiger partial charge in [-0.15, -0.1) is 0 Å². The summed E-state index contributed by atoms with van der Waals surface area (Å²) in [6.07, 6.45) is 1.14. The van der Waals surface area contributed by atoms with E-state index in [-0.39, 0.29) is 6.03 Å². The van der Waals surface area contributed by atoms with E-state index in [1.54, 1.807) is 7.05 Å². The molecule has 2 amide bonds. The van der Waals surface area contributed by atoms with Crippen LogP contribution in [0.1, 0.15) is 26.7 Å². The molecule has 0 aromatic rings. The number of likely N-dealkylation sites (N-methyl/N-ethyl adjacent to an activating group) is 1. The Hall–Kier alpha value is -1.30. The van der Waals surface area contributed by atoms with Crippen molar-refractivity contribution in [3.63, 3.8) is 0 Å². The Morgan fingerprint density at radius 1 is 1.41 bits per heavy atom. The van der Waals surface area contributed by atoms with Gasteiger partial charge in [0.1, 0.15) is 6.04 Å². The van der Waals surface area contributed by atoms with Crippen molar-refractivity contribution in [2.75, 3.05) is 26.8 Å². The van der Waals surface area contributed by atoms with Crippen LogP contribution in [-0.4, -0.2) is 54.9 Å². The van der Waals surface area contributed by atoms with Crippen molar-refractivity contribution in [1.29, 1.82) is 0 Å². The van der Waals surface area contributed by atoms with Gasteiger partial charge in [0.05, 0.1) is 6.61 Å². The number of carboxylic acids is 1. The highest BCUT2D eigenvalue weighted by Crippen LogP contribution is 1.98. The smallest absolute Gasteiger partial charge is 0.326 e. The molecule has 0 rings (SSSR count). The molecule has 17 heavy (non-hydrogen) atoms. The molecule has 100 valence electrons. The average molecular weight is 246 g/mol. The number of hydrogen-bond acceptors (Lipinski definition) is 3. The predicted octanol–water partition coefficient (Wildman–Crippen LogP) is 0.918. The van der Waals surface area contributed by atoms with Crippen molar-refractivity contribution in [2.24, 2.45) is 0 Å². The number of carbonyl (C=O) groups excluding carboxylic acids is 1. The van der Waals surface area contributed by atoms with Gasteiger partial charge in [-0.05, 0) is 13.3 Å². The fourth-order valence-corrected chi connectivity index (χ4v) is 1.25. The summed E-state index contributed by atoms with van der Waals surface area (Å²) in [7, 11) is 1.61. The van der Waals surface area contributed by atoms with Crippen molar-refractivity contribution in [1.82, 2.24) is 10.2 Å². The number of rotatable bonds is 8. The number of hydrogen-bond donors (Lipinski definition) is 2. The van der Waals surface area contributed by atoms with Gasteiger partial charge in [0.25, 0.3) is 0 Å². The minimum absolute atomic E-state index is 0.384. The second kappa shape index (κ2) is 8.81. The van der Waals surface area contributed by atoms with Crippen LogP contribution < -0.4 is 5.32 Å². The topological polar surface area (TPSA) is 78.9 Å². The number of aliphatic carboxylic acids is 1. The highest BCUT2D eigenvalue weighted by atomic mass is 16.5. The quantitative estimate of drug-likeness (QED) is 0.624. The molecule has 0 spiro atoms. The monoisotopic (exact) mass is 246 g/mol. The number of carboxylic acid groups (broad SMARTS) is 1. The van der Waals surface area contributed by atoms with Crippen LogP contribution in [0.2, 0.25) is 0 Å². The molecule has 6 nitrogen and oxygen atoms in total. The summed E-state index contributed by atoms with van der Waals surface area (Å²) in [4.78, 5) is 23.9. The number of ether oxygens (including phenoxy) is 1. The summed E-state index contributed by atoms with van der Waals surface area (Å²) < 4.78 is 5.12. The van der Waals surface area contributed by atoms with E-state index in [4.69, 9.17) is 9.84 Å². The molecule has 2 N–H and O–H groups in total. The van der Waals surface area contributed by atoms with Crippen molar-refractivity contribution in [2.45, 2.75) is 32.7 Å². The van der Waals surface area contributed by atoms with Gasteiger partial charge in [0.15, 0.2) is 0 Å². The van der Waals surface area contributed by atoms with Crippen LogP contribution in [0.4, 0.5) is 4.79 Å². The summed E-state index contributed by atoms with van der Waals surface area (Å²) in [5.74, 6) is -1.00. The van der Waals surface area contributed by atoms with Crippen LogP contribution in [0.3, 0.4) is 0 Å². The molecule has 0 saturated heterocycles. The highest BCUT2D eigenvalue weighted by molar-refractivity contribution is 5.82. The molecule has 0 aliphatic heterocycles. The van der Waals surface area contributed by atoms with Crippen molar-refractivity contribution in [3.05, 3.63) is 0 Å². The third-order valence-corrected chi connectivity index (χ3v) is 2.30. The summed E-state index contributed by atoms with van der Waals surface area (Å²) in [6, 6.07) is -1.20. The standard InChI is InChI=1S/C11H22N2O4/c1-4-6-9(10(14)15)12-11(16)13(3)7-8-17-5-2/h9H,4-8H2,1-3H3,(H,12,16)(H,14,15)/t9-/m0/s1. The maximum Gasteiger partial charge on any atom is 0.326 e. The number of urea groups is 1. The van der Waals surface area contributed by atoms with Crippen LogP contribution in [0.15, 0.2) is 0 Å². The zero-order valence-electron chi connectivity index (χ0n) is 10.7. The summed E-state index contributed by atoms with van der Waals surface area (Å²) >= 11 is 0. The molecule has 0 unspecified atom stereocenters. The second-order valence-corrected chi connectivity index (χ2v) is 3.75. The Morgan fingerprint density at radius 2 is 2.06 bits per heavy atom. The van der Waals surface area contributed by atoms with Gasteiger partial charge in [-0.1, -0.05) is 13.3 Å². The SMILES string of the molecule is CCC[C@H](NC(=O)N(C)CCOCC)C(=O)O. The molecule has 1 atom stereocenters. The highest BCUT2D eigenvalue weighted by Gasteiger charge is 2.20. The maximum atomic E-state index is 11.6. The normalized spacial score (nSPS) is 11.9. The van der Waals surface area contributed by atoms with Crippen LogP contribution in [-0.2, 0) is 9.53 Å². The summed E-state index contributed by atoms with van der Waals surface area (Å²) in [6.45, 7) is 5.25. The van der Waals surface area contributed by atoms with Crippen molar-refractivity contribution in [3.8, 4) is 0 Å². The molecule has 6 heteroatoms. The first-order valence-corrected chi connectivity index (χ1v) is 5.85. The van der Waals surface area contributed by atoms with E-state index in [1.165, 1.54) is 4.90 Å². The lowest BCUT2D eigenvalue weighted by atomic mass is 10.2. The first-order valence-electron chi connectivity index (χ1n) is 5.85. The van der Waals surface area contributed by atoms with Crippen LogP contribution in [0.5, 0.6) is 0 Å². The molecule has 0 aliphatic carbocycles. The van der Waals surface area contributed by atoms with Gasteiger partial charge in [0, 0.05) is 20.2 Å². The van der Waals surface area contributed by atoms with Crippen LogP contribution >= 0.6 is 0 Å². The molecular weight excluding hydrogens is 224 g/mol. The zero-order valence-corrected chi connectivity index (χ0v) is 10.7. The molecule has 0 aromatic heterocycles. The Labute approximate surface area is 102 Å². The number of nitrogens with one attached hydrogen (secondary N) is 1. The predicted molar refractivity (Wildman–Crippen MR) is 64.0 cm³/mol. The fraction of sp³-hybridized carbons (Fsp3) is 0.818. The summed E-state index contributed by atoms with van der Waals surface area (Å²) in [5, 5.41) is 11.4. The molecule has 0 saturated carbocycles. The lowest BCUT2D eigenvalue weighted by Crippen LogP contribution is -2.47. The van der Waals surface area contributed by atoms with Gasteiger partial charge in [-0.2, -0.15) is 0 Å². The van der Waals surface area contributed by atoms with E-state index >= 15 is 0 Å². The van der Waals surface area contributed by atoms with Crippen LogP contribution in [0, 0.1) is 0 Å². The van der Waals surface area contributed by atoms with Gasteiger partial charge in [-0.3, -0.25) is 0 Å².